The molecule has 2 fully saturated rings. The monoisotopic (exact) mass is 384 g/mol. The Labute approximate surface area is 160 Å². The molecule has 1 heterocycles. The molecule has 0 spiro atoms. The SMILES string of the molecule is CCCCC1COC(C2CCC(CCc3cc(F)c(F)c(F)c3)CC2)OC1. The zero-order valence-corrected chi connectivity index (χ0v) is 16.2. The Bertz CT molecular complexity index is 568. The molecule has 1 saturated carbocycles. The number of unbranched alkanes of at least 4 members (excludes halogenated alkanes) is 1. The van der Waals surface area contributed by atoms with Gasteiger partial charge in [0, 0.05) is 11.8 Å². The summed E-state index contributed by atoms with van der Waals surface area (Å²) in [5.41, 5.74) is 0.533. The van der Waals surface area contributed by atoms with Crippen LogP contribution in [-0.2, 0) is 15.9 Å². The summed E-state index contributed by atoms with van der Waals surface area (Å²) in [5, 5.41) is 0. The van der Waals surface area contributed by atoms with Crippen molar-refractivity contribution in [3.8, 4) is 0 Å². The van der Waals surface area contributed by atoms with Gasteiger partial charge >= 0.3 is 0 Å². The lowest BCUT2D eigenvalue weighted by Gasteiger charge is -2.37. The van der Waals surface area contributed by atoms with E-state index in [1.807, 2.05) is 0 Å². The van der Waals surface area contributed by atoms with E-state index in [0.717, 1.165) is 57.5 Å². The molecule has 1 saturated heterocycles. The number of rotatable bonds is 7. The van der Waals surface area contributed by atoms with E-state index in [-0.39, 0.29) is 6.29 Å². The Morgan fingerprint density at radius 3 is 2.11 bits per heavy atom. The van der Waals surface area contributed by atoms with Gasteiger partial charge in [0.1, 0.15) is 0 Å². The molecular formula is C22H31F3O2. The highest BCUT2D eigenvalue weighted by atomic mass is 19.2. The molecule has 0 N–H and O–H groups in total. The fourth-order valence-electron chi connectivity index (χ4n) is 4.36. The zero-order valence-electron chi connectivity index (χ0n) is 16.2. The van der Waals surface area contributed by atoms with Crippen LogP contribution in [0.4, 0.5) is 13.2 Å². The lowest BCUT2D eigenvalue weighted by Crippen LogP contribution is -2.38. The Balaban J connectivity index is 1.38. The van der Waals surface area contributed by atoms with Crippen LogP contribution in [0.5, 0.6) is 0 Å². The summed E-state index contributed by atoms with van der Waals surface area (Å²) in [6.45, 7) is 3.83. The third-order valence-corrected chi connectivity index (χ3v) is 6.12. The van der Waals surface area contributed by atoms with Gasteiger partial charge in [0.15, 0.2) is 23.7 Å². The molecule has 2 aliphatic rings. The van der Waals surface area contributed by atoms with Crippen LogP contribution in [0, 0.1) is 35.2 Å². The van der Waals surface area contributed by atoms with E-state index in [2.05, 4.69) is 6.92 Å². The first-order chi connectivity index (χ1) is 13.1. The van der Waals surface area contributed by atoms with Gasteiger partial charge < -0.3 is 9.47 Å². The van der Waals surface area contributed by atoms with E-state index in [0.29, 0.717) is 29.7 Å². The first-order valence-corrected chi connectivity index (χ1v) is 10.4. The Morgan fingerprint density at radius 2 is 1.52 bits per heavy atom. The normalized spacial score (nSPS) is 29.0. The van der Waals surface area contributed by atoms with Crippen LogP contribution in [0.2, 0.25) is 0 Å². The number of ether oxygens (including phenoxy) is 2. The minimum Gasteiger partial charge on any atom is -0.352 e. The fourth-order valence-corrected chi connectivity index (χ4v) is 4.36. The van der Waals surface area contributed by atoms with Gasteiger partial charge in [0.25, 0.3) is 0 Å². The lowest BCUT2D eigenvalue weighted by molar-refractivity contribution is -0.230. The minimum atomic E-state index is -1.39. The van der Waals surface area contributed by atoms with E-state index in [4.69, 9.17) is 9.47 Å². The number of hydrogen-bond donors (Lipinski definition) is 0. The van der Waals surface area contributed by atoms with Crippen molar-refractivity contribution in [1.29, 1.82) is 0 Å². The smallest absolute Gasteiger partial charge is 0.194 e. The van der Waals surface area contributed by atoms with Crippen molar-refractivity contribution in [1.82, 2.24) is 0 Å². The molecule has 1 aliphatic heterocycles. The largest absolute Gasteiger partial charge is 0.352 e. The number of aryl methyl sites for hydroxylation is 1. The van der Waals surface area contributed by atoms with Gasteiger partial charge in [-0.2, -0.15) is 0 Å². The molecule has 0 atom stereocenters. The molecule has 0 unspecified atom stereocenters. The van der Waals surface area contributed by atoms with Crippen LogP contribution < -0.4 is 0 Å². The molecule has 3 rings (SSSR count). The second-order valence-corrected chi connectivity index (χ2v) is 8.24. The molecule has 1 aromatic rings. The minimum absolute atomic E-state index is 0.0656. The molecule has 0 bridgehead atoms. The van der Waals surface area contributed by atoms with Gasteiger partial charge in [-0.15, -0.1) is 0 Å². The second-order valence-electron chi connectivity index (χ2n) is 8.24. The molecule has 27 heavy (non-hydrogen) atoms. The maximum atomic E-state index is 13.3. The first-order valence-electron chi connectivity index (χ1n) is 10.4. The average molecular weight is 384 g/mol. The van der Waals surface area contributed by atoms with Crippen LogP contribution in [0.3, 0.4) is 0 Å². The topological polar surface area (TPSA) is 18.5 Å². The number of benzene rings is 1. The van der Waals surface area contributed by atoms with Crippen molar-refractivity contribution >= 4 is 0 Å². The average Bonchev–Trinajstić information content (AvgIpc) is 2.69. The van der Waals surface area contributed by atoms with Crippen molar-refractivity contribution in [3.63, 3.8) is 0 Å². The van der Waals surface area contributed by atoms with Crippen molar-refractivity contribution in [2.24, 2.45) is 17.8 Å². The van der Waals surface area contributed by atoms with E-state index < -0.39 is 17.5 Å². The number of halogens is 3. The van der Waals surface area contributed by atoms with E-state index in [9.17, 15) is 13.2 Å². The first kappa shape index (κ1) is 20.7. The van der Waals surface area contributed by atoms with Crippen molar-refractivity contribution < 1.29 is 22.6 Å². The highest BCUT2D eigenvalue weighted by molar-refractivity contribution is 5.19. The van der Waals surface area contributed by atoms with Crippen LogP contribution in [-0.4, -0.2) is 19.5 Å². The summed E-state index contributed by atoms with van der Waals surface area (Å²) < 4.78 is 51.6. The maximum absolute atomic E-state index is 13.3. The van der Waals surface area contributed by atoms with Gasteiger partial charge in [-0.1, -0.05) is 19.8 Å². The molecule has 1 aliphatic carbocycles. The van der Waals surface area contributed by atoms with Gasteiger partial charge in [-0.3, -0.25) is 0 Å². The molecule has 2 nitrogen and oxygen atoms in total. The predicted octanol–water partition coefficient (Wildman–Crippen LogP) is 6.02. The summed E-state index contributed by atoms with van der Waals surface area (Å²) >= 11 is 0. The van der Waals surface area contributed by atoms with Crippen LogP contribution >= 0.6 is 0 Å². The Hall–Kier alpha value is -1.07. The van der Waals surface area contributed by atoms with Crippen LogP contribution in [0.25, 0.3) is 0 Å². The van der Waals surface area contributed by atoms with Crippen molar-refractivity contribution in [3.05, 3.63) is 35.1 Å². The highest BCUT2D eigenvalue weighted by Crippen LogP contribution is 2.36. The second kappa shape index (κ2) is 9.92. The Morgan fingerprint density at radius 1 is 0.889 bits per heavy atom. The van der Waals surface area contributed by atoms with Crippen LogP contribution in [0.1, 0.15) is 63.9 Å². The lowest BCUT2D eigenvalue weighted by atomic mass is 9.79. The third-order valence-electron chi connectivity index (χ3n) is 6.12. The summed E-state index contributed by atoms with van der Waals surface area (Å²) in [5.74, 6) is -2.06. The quantitative estimate of drug-likeness (QED) is 0.535. The maximum Gasteiger partial charge on any atom is 0.194 e. The van der Waals surface area contributed by atoms with E-state index in [1.54, 1.807) is 0 Å². The molecular weight excluding hydrogens is 353 g/mol. The molecule has 5 heteroatoms. The predicted molar refractivity (Wildman–Crippen MR) is 98.8 cm³/mol. The Kier molecular flexibility index (Phi) is 7.59. The summed E-state index contributed by atoms with van der Waals surface area (Å²) in [6, 6.07) is 2.23. The van der Waals surface area contributed by atoms with Gasteiger partial charge in [0.2, 0.25) is 0 Å². The highest BCUT2D eigenvalue weighted by Gasteiger charge is 2.32. The van der Waals surface area contributed by atoms with Gasteiger partial charge in [-0.05, 0) is 68.6 Å². The van der Waals surface area contributed by atoms with Crippen LogP contribution in [0.15, 0.2) is 12.1 Å². The van der Waals surface area contributed by atoms with E-state index in [1.165, 1.54) is 19.3 Å². The summed E-state index contributed by atoms with van der Waals surface area (Å²) in [4.78, 5) is 0. The summed E-state index contributed by atoms with van der Waals surface area (Å²) in [7, 11) is 0. The molecule has 1 aromatic carbocycles. The third kappa shape index (κ3) is 5.71. The van der Waals surface area contributed by atoms with E-state index >= 15 is 0 Å². The molecule has 0 radical (unpaired) electrons. The van der Waals surface area contributed by atoms with Gasteiger partial charge in [-0.25, -0.2) is 13.2 Å². The van der Waals surface area contributed by atoms with Crippen molar-refractivity contribution in [2.45, 2.75) is 71.0 Å². The fraction of sp³-hybridized carbons (Fsp3) is 0.727. The summed E-state index contributed by atoms with van der Waals surface area (Å²) in [6.07, 6.45) is 9.32. The standard InChI is InChI=1S/C22H31F3O2/c1-2-3-4-17-13-26-22(27-14-17)18-9-7-15(8-10-18)5-6-16-11-19(23)21(25)20(24)12-16/h11-12,15,17-18,22H,2-10,13-14H2,1H3. The molecule has 0 amide bonds. The van der Waals surface area contributed by atoms with Crippen molar-refractivity contribution in [2.75, 3.05) is 13.2 Å². The zero-order chi connectivity index (χ0) is 19.2. The van der Waals surface area contributed by atoms with Gasteiger partial charge in [0.05, 0.1) is 13.2 Å². The molecule has 152 valence electrons. The molecule has 0 aromatic heterocycles. The number of hydrogen-bond acceptors (Lipinski definition) is 2.